The first-order valence-corrected chi connectivity index (χ1v) is 40.3. The number of aliphatic hydroxyl groups excluding tert-OH is 1. The summed E-state index contributed by atoms with van der Waals surface area (Å²) in [6, 6.07) is 0. The van der Waals surface area contributed by atoms with Crippen molar-refractivity contribution < 1.29 is 80.2 Å². The van der Waals surface area contributed by atoms with Crippen molar-refractivity contribution in [2.45, 2.75) is 375 Å². The molecule has 0 aliphatic carbocycles. The van der Waals surface area contributed by atoms with Crippen molar-refractivity contribution in [1.82, 2.24) is 0 Å². The molecule has 0 aromatic carbocycles. The first kappa shape index (κ1) is 89.1. The van der Waals surface area contributed by atoms with Gasteiger partial charge in [0.15, 0.2) is 12.2 Å². The monoisotopic (exact) mass is 1340 g/mol. The maximum atomic E-state index is 13.0. The maximum absolute atomic E-state index is 13.0. The molecule has 0 aliphatic heterocycles. The van der Waals surface area contributed by atoms with Crippen LogP contribution in [-0.2, 0) is 65.4 Å². The fraction of sp³-hybridized carbons (Fsp3) is 0.944. The van der Waals surface area contributed by atoms with Gasteiger partial charge in [0.2, 0.25) is 0 Å². The average molecular weight is 1340 g/mol. The van der Waals surface area contributed by atoms with Crippen LogP contribution in [0.3, 0.4) is 0 Å². The zero-order valence-electron chi connectivity index (χ0n) is 59.5. The molecule has 17 nitrogen and oxygen atoms in total. The van der Waals surface area contributed by atoms with Gasteiger partial charge < -0.3 is 33.8 Å². The number of phosphoric ester groups is 2. The Morgan fingerprint density at radius 1 is 0.308 bits per heavy atom. The van der Waals surface area contributed by atoms with E-state index in [-0.39, 0.29) is 25.7 Å². The summed E-state index contributed by atoms with van der Waals surface area (Å²) in [7, 11) is -9.91. The fourth-order valence-electron chi connectivity index (χ4n) is 10.8. The van der Waals surface area contributed by atoms with Crippen molar-refractivity contribution in [2.75, 3.05) is 39.6 Å². The highest BCUT2D eigenvalue weighted by Crippen LogP contribution is 2.45. The van der Waals surface area contributed by atoms with E-state index in [1.54, 1.807) is 0 Å². The lowest BCUT2D eigenvalue weighted by Crippen LogP contribution is -2.30. The van der Waals surface area contributed by atoms with E-state index >= 15 is 0 Å². The second kappa shape index (κ2) is 61.6. The van der Waals surface area contributed by atoms with Crippen LogP contribution in [-0.4, -0.2) is 96.7 Å². The number of hydrogen-bond acceptors (Lipinski definition) is 15. The third-order valence-corrected chi connectivity index (χ3v) is 19.2. The molecule has 0 saturated heterocycles. The molecule has 0 rings (SSSR count). The Morgan fingerprint density at radius 2 is 0.527 bits per heavy atom. The van der Waals surface area contributed by atoms with Gasteiger partial charge in [-0.15, -0.1) is 0 Å². The molecule has 0 aromatic rings. The Balaban J connectivity index is 5.27. The summed E-state index contributed by atoms with van der Waals surface area (Å²) in [5.74, 6) is 0.931. The van der Waals surface area contributed by atoms with Gasteiger partial charge in [-0.25, -0.2) is 9.13 Å². The summed E-state index contributed by atoms with van der Waals surface area (Å²) in [4.78, 5) is 72.7. The Labute approximate surface area is 556 Å². The summed E-state index contributed by atoms with van der Waals surface area (Å²) >= 11 is 0. The van der Waals surface area contributed by atoms with E-state index in [2.05, 4.69) is 55.4 Å². The van der Waals surface area contributed by atoms with Gasteiger partial charge in [0.05, 0.1) is 26.4 Å². The smallest absolute Gasteiger partial charge is 0.462 e. The lowest BCUT2D eigenvalue weighted by atomic mass is 9.99. The van der Waals surface area contributed by atoms with Crippen molar-refractivity contribution in [1.29, 1.82) is 0 Å². The SMILES string of the molecule is CCC(C)CCCCCCCCCCCCC(=O)O[C@H](COC(=O)CCCCCCCCCCCCC(C)C)COP(=O)(O)OC[C@@H](O)COP(=O)(O)OC[C@@H](COC(=O)CCCCCCCCC(C)CC)OC(=O)CCCCCCCCCCCCCC(C)C. The summed E-state index contributed by atoms with van der Waals surface area (Å²) in [5.41, 5.74) is 0. The van der Waals surface area contributed by atoms with E-state index in [1.165, 1.54) is 154 Å². The van der Waals surface area contributed by atoms with E-state index in [9.17, 15) is 43.2 Å². The largest absolute Gasteiger partial charge is 0.472 e. The van der Waals surface area contributed by atoms with Gasteiger partial charge in [-0.2, -0.15) is 0 Å². The molecular formula is C72H140O17P2. The number of aliphatic hydroxyl groups is 1. The van der Waals surface area contributed by atoms with E-state index in [0.29, 0.717) is 25.7 Å². The van der Waals surface area contributed by atoms with E-state index in [4.69, 9.17) is 37.0 Å². The summed E-state index contributed by atoms with van der Waals surface area (Å²) in [6.07, 6.45) is 44.3. The molecule has 0 heterocycles. The molecule has 0 saturated carbocycles. The highest BCUT2D eigenvalue weighted by Gasteiger charge is 2.30. The predicted molar refractivity (Wildman–Crippen MR) is 367 cm³/mol. The highest BCUT2D eigenvalue weighted by atomic mass is 31.2. The number of unbranched alkanes of at least 4 members (excludes halogenated alkanes) is 33. The first-order chi connectivity index (χ1) is 43.7. The average Bonchev–Trinajstić information content (AvgIpc) is 2.96. The third-order valence-electron chi connectivity index (χ3n) is 17.3. The molecule has 0 amide bonds. The Morgan fingerprint density at radius 3 is 0.780 bits per heavy atom. The molecule has 0 fully saturated rings. The topological polar surface area (TPSA) is 237 Å². The Hall–Kier alpha value is -1.94. The van der Waals surface area contributed by atoms with Gasteiger partial charge in [0.1, 0.15) is 19.3 Å². The Bertz CT molecular complexity index is 1800. The van der Waals surface area contributed by atoms with Crippen molar-refractivity contribution in [2.24, 2.45) is 23.7 Å². The molecule has 0 aliphatic rings. The van der Waals surface area contributed by atoms with Crippen LogP contribution in [0.4, 0.5) is 0 Å². The van der Waals surface area contributed by atoms with Crippen molar-refractivity contribution >= 4 is 39.5 Å². The first-order valence-electron chi connectivity index (χ1n) is 37.3. The van der Waals surface area contributed by atoms with Gasteiger partial charge in [0, 0.05) is 25.7 Å². The van der Waals surface area contributed by atoms with Crippen LogP contribution in [0.25, 0.3) is 0 Å². The number of ether oxygens (including phenoxy) is 4. The van der Waals surface area contributed by atoms with Gasteiger partial charge in [-0.1, -0.05) is 306 Å². The van der Waals surface area contributed by atoms with Gasteiger partial charge >= 0.3 is 39.5 Å². The van der Waals surface area contributed by atoms with E-state index in [0.717, 1.165) is 120 Å². The molecule has 0 bridgehead atoms. The lowest BCUT2D eigenvalue weighted by molar-refractivity contribution is -0.161. The number of rotatable bonds is 69. The molecule has 540 valence electrons. The molecule has 0 radical (unpaired) electrons. The molecule has 0 spiro atoms. The molecule has 91 heavy (non-hydrogen) atoms. The zero-order chi connectivity index (χ0) is 67.5. The second-order valence-corrected chi connectivity index (χ2v) is 30.3. The molecule has 4 unspecified atom stereocenters. The van der Waals surface area contributed by atoms with Crippen LogP contribution < -0.4 is 0 Å². The van der Waals surface area contributed by atoms with Crippen LogP contribution in [0.5, 0.6) is 0 Å². The van der Waals surface area contributed by atoms with Gasteiger partial charge in [-0.3, -0.25) is 37.3 Å². The molecular weight excluding hydrogens is 1200 g/mol. The van der Waals surface area contributed by atoms with Gasteiger partial charge in [-0.05, 0) is 49.4 Å². The number of carbonyl (C=O) groups is 4. The normalized spacial score (nSPS) is 14.8. The minimum absolute atomic E-state index is 0.105. The predicted octanol–water partition coefficient (Wildman–Crippen LogP) is 20.5. The molecule has 7 atom stereocenters. The fourth-order valence-corrected chi connectivity index (χ4v) is 12.4. The van der Waals surface area contributed by atoms with Crippen LogP contribution in [0, 0.1) is 23.7 Å². The zero-order valence-corrected chi connectivity index (χ0v) is 61.3. The van der Waals surface area contributed by atoms with E-state index < -0.39 is 97.5 Å². The van der Waals surface area contributed by atoms with Crippen LogP contribution in [0.15, 0.2) is 0 Å². The number of esters is 4. The minimum Gasteiger partial charge on any atom is -0.462 e. The Kier molecular flexibility index (Phi) is 60.3. The number of phosphoric acid groups is 2. The van der Waals surface area contributed by atoms with Crippen LogP contribution in [0.2, 0.25) is 0 Å². The summed E-state index contributed by atoms with van der Waals surface area (Å²) in [5, 5.41) is 10.6. The van der Waals surface area contributed by atoms with Gasteiger partial charge in [0.25, 0.3) is 0 Å². The van der Waals surface area contributed by atoms with Crippen molar-refractivity contribution in [3.8, 4) is 0 Å². The molecule has 3 N–H and O–H groups in total. The quantitative estimate of drug-likeness (QED) is 0.0222. The van der Waals surface area contributed by atoms with E-state index in [1.807, 2.05) is 0 Å². The minimum atomic E-state index is -4.95. The number of carbonyl (C=O) groups excluding carboxylic acids is 4. The summed E-state index contributed by atoms with van der Waals surface area (Å²) in [6.45, 7) is 14.1. The van der Waals surface area contributed by atoms with Crippen molar-refractivity contribution in [3.63, 3.8) is 0 Å². The van der Waals surface area contributed by atoms with Crippen LogP contribution in [0.1, 0.15) is 357 Å². The second-order valence-electron chi connectivity index (χ2n) is 27.4. The van der Waals surface area contributed by atoms with Crippen molar-refractivity contribution in [3.05, 3.63) is 0 Å². The maximum Gasteiger partial charge on any atom is 0.472 e. The standard InChI is InChI=1S/C72H140O17P2/c1-9-64(7)50-42-34-26-20-15-17-23-29-39-47-55-72(77)88-67(58-82-69(74)52-44-36-27-21-16-14-19-25-33-41-49-63(5)6)60-86-90(78,79)84-56-66(73)57-85-91(80,81)87-61-68(59-83-70(75)53-45-37-31-30-35-43-51-65(8)10-2)89-71(76)54-46-38-28-22-13-11-12-18-24-32-40-48-62(3)4/h62-68,73H,9-61H2,1-8H3,(H,78,79)(H,80,81)/t64?,65?,66-,67-,68-/m1/s1. The molecule has 19 heteroatoms. The number of hydrogen-bond donors (Lipinski definition) is 3. The lowest BCUT2D eigenvalue weighted by Gasteiger charge is -2.21. The summed E-state index contributed by atoms with van der Waals surface area (Å²) < 4.78 is 68.4. The van der Waals surface area contributed by atoms with Crippen LogP contribution >= 0.6 is 15.6 Å². The molecule has 0 aromatic heterocycles. The highest BCUT2D eigenvalue weighted by molar-refractivity contribution is 7.47. The third kappa shape index (κ3) is 63.9.